The molecule has 9 nitrogen and oxygen atoms in total. The van der Waals surface area contributed by atoms with Gasteiger partial charge in [-0.05, 0) is 56.5 Å². The Kier molecular flexibility index (Phi) is 14.1. The molecule has 0 aliphatic rings. The number of nitrogens with two attached hydrogens (primary N) is 1. The maximum atomic E-state index is 13.1. The van der Waals surface area contributed by atoms with Gasteiger partial charge in [-0.15, -0.1) is 0 Å². The minimum atomic E-state index is -0.260. The number of aromatic nitrogens is 2. The van der Waals surface area contributed by atoms with Crippen molar-refractivity contribution in [2.24, 2.45) is 5.73 Å². The Morgan fingerprint density at radius 3 is 1.84 bits per heavy atom. The molecule has 4 aromatic rings. The Morgan fingerprint density at radius 2 is 1.20 bits per heavy atom. The molecule has 0 spiro atoms. The molecule has 0 radical (unpaired) electrons. The maximum absolute atomic E-state index is 13.1. The summed E-state index contributed by atoms with van der Waals surface area (Å²) >= 11 is 0. The third kappa shape index (κ3) is 11.2. The van der Waals surface area contributed by atoms with Crippen LogP contribution in [0, 0.1) is 0 Å². The van der Waals surface area contributed by atoms with Crippen molar-refractivity contribution < 1.29 is 9.59 Å². The summed E-state index contributed by atoms with van der Waals surface area (Å²) in [7, 11) is 0. The van der Waals surface area contributed by atoms with Crippen LogP contribution in [0.1, 0.15) is 51.4 Å². The van der Waals surface area contributed by atoms with Gasteiger partial charge in [-0.25, -0.2) is 0 Å². The molecule has 238 valence electrons. The third-order valence-corrected chi connectivity index (χ3v) is 7.76. The maximum Gasteiger partial charge on any atom is 0.246 e. The Bertz CT molecular complexity index is 1510. The van der Waals surface area contributed by atoms with Gasteiger partial charge in [0, 0.05) is 79.4 Å². The quantitative estimate of drug-likeness (QED) is 0.0728. The van der Waals surface area contributed by atoms with Crippen LogP contribution in [-0.2, 0) is 9.59 Å². The lowest BCUT2D eigenvalue weighted by Crippen LogP contribution is -2.33. The number of para-hydroxylation sites is 2. The first-order valence-corrected chi connectivity index (χ1v) is 16.3. The van der Waals surface area contributed by atoms with Gasteiger partial charge in [-0.3, -0.25) is 19.6 Å². The van der Waals surface area contributed by atoms with Crippen LogP contribution in [-0.4, -0.2) is 66.0 Å². The lowest BCUT2D eigenvalue weighted by molar-refractivity contribution is -0.126. The van der Waals surface area contributed by atoms with Gasteiger partial charge in [-0.2, -0.15) is 0 Å². The number of unbranched alkanes of at least 4 members (excludes halogenated alkanes) is 5. The van der Waals surface area contributed by atoms with E-state index in [1.165, 1.54) is 18.6 Å². The molecule has 0 atom stereocenters. The first-order valence-electron chi connectivity index (χ1n) is 16.3. The fraction of sp³-hybridized carbons (Fsp3) is 0.389. The number of benzene rings is 2. The summed E-state index contributed by atoms with van der Waals surface area (Å²) in [6, 6.07) is 20.0. The number of carbonyl (C=O) groups is 2. The molecule has 2 heterocycles. The van der Waals surface area contributed by atoms with Gasteiger partial charge in [0.05, 0.1) is 11.0 Å². The van der Waals surface area contributed by atoms with Crippen LogP contribution >= 0.6 is 0 Å². The largest absolute Gasteiger partial charge is 0.384 e. The van der Waals surface area contributed by atoms with Crippen molar-refractivity contribution in [2.45, 2.75) is 51.4 Å². The van der Waals surface area contributed by atoms with Crippen LogP contribution in [0.15, 0.2) is 85.2 Å². The van der Waals surface area contributed by atoms with E-state index < -0.39 is 0 Å². The van der Waals surface area contributed by atoms with E-state index in [4.69, 9.17) is 5.73 Å². The van der Waals surface area contributed by atoms with E-state index >= 15 is 0 Å². The summed E-state index contributed by atoms with van der Waals surface area (Å²) < 4.78 is 0. The van der Waals surface area contributed by atoms with Crippen LogP contribution in [0.3, 0.4) is 0 Å². The van der Waals surface area contributed by atoms with E-state index in [1.54, 1.807) is 6.20 Å². The number of fused-ring (bicyclic) bond motifs is 2. The molecule has 0 saturated heterocycles. The summed E-state index contributed by atoms with van der Waals surface area (Å²) in [6.45, 7) is 3.98. The molecule has 2 aromatic heterocycles. The van der Waals surface area contributed by atoms with Gasteiger partial charge < -0.3 is 26.6 Å². The molecule has 0 aliphatic carbocycles. The van der Waals surface area contributed by atoms with Crippen LogP contribution < -0.4 is 21.7 Å². The van der Waals surface area contributed by atoms with Crippen LogP contribution in [0.25, 0.3) is 21.8 Å². The Morgan fingerprint density at radius 1 is 0.644 bits per heavy atom. The highest BCUT2D eigenvalue weighted by Crippen LogP contribution is 2.21. The molecular formula is C36H47N7O2. The number of rotatable bonds is 20. The number of hydrogen-bond acceptors (Lipinski definition) is 7. The van der Waals surface area contributed by atoms with E-state index in [0.717, 1.165) is 91.2 Å². The number of nitrogens with one attached hydrogen (secondary N) is 3. The average Bonchev–Trinajstić information content (AvgIpc) is 3.07. The van der Waals surface area contributed by atoms with Crippen molar-refractivity contribution in [3.8, 4) is 0 Å². The minimum absolute atomic E-state index is 0.131. The lowest BCUT2D eigenvalue weighted by Gasteiger charge is -2.22. The van der Waals surface area contributed by atoms with Gasteiger partial charge in [-0.1, -0.05) is 62.1 Å². The first-order chi connectivity index (χ1) is 22.2. The molecule has 45 heavy (non-hydrogen) atoms. The number of carbonyl (C=O) groups excluding carboxylic acids is 2. The molecule has 0 fully saturated rings. The van der Waals surface area contributed by atoms with Gasteiger partial charge in [0.25, 0.3) is 0 Å². The summed E-state index contributed by atoms with van der Waals surface area (Å²) in [5, 5.41) is 12.0. The minimum Gasteiger partial charge on any atom is -0.384 e. The molecule has 2 amide bonds. The SMILES string of the molecule is NCCCCCCCCN(CCCNc1ccnc2ccccc12)C(=O)/C=C/C(=O)NCCCNc1ccnc2ccccc12. The lowest BCUT2D eigenvalue weighted by atomic mass is 10.1. The molecule has 9 heteroatoms. The van der Waals surface area contributed by atoms with Crippen LogP contribution in [0.5, 0.6) is 0 Å². The van der Waals surface area contributed by atoms with Crippen molar-refractivity contribution in [3.05, 3.63) is 85.2 Å². The predicted octanol–water partition coefficient (Wildman–Crippen LogP) is 5.89. The van der Waals surface area contributed by atoms with E-state index in [0.29, 0.717) is 26.2 Å². The van der Waals surface area contributed by atoms with Crippen molar-refractivity contribution in [3.63, 3.8) is 0 Å². The molecule has 0 unspecified atom stereocenters. The van der Waals surface area contributed by atoms with Crippen LogP contribution in [0.4, 0.5) is 11.4 Å². The molecule has 2 aromatic carbocycles. The molecule has 4 rings (SSSR count). The van der Waals surface area contributed by atoms with E-state index in [-0.39, 0.29) is 11.8 Å². The summed E-state index contributed by atoms with van der Waals surface area (Å²) in [6.07, 6.45) is 14.4. The summed E-state index contributed by atoms with van der Waals surface area (Å²) in [5.74, 6) is -0.391. The zero-order chi connectivity index (χ0) is 31.5. The molecule has 5 N–H and O–H groups in total. The predicted molar refractivity (Wildman–Crippen MR) is 185 cm³/mol. The van der Waals surface area contributed by atoms with E-state index in [9.17, 15) is 9.59 Å². The summed E-state index contributed by atoms with van der Waals surface area (Å²) in [4.78, 5) is 36.3. The number of amides is 2. The molecule has 0 bridgehead atoms. The fourth-order valence-corrected chi connectivity index (χ4v) is 5.31. The average molecular weight is 610 g/mol. The Hall–Kier alpha value is -4.50. The van der Waals surface area contributed by atoms with Gasteiger partial charge in [0.2, 0.25) is 11.8 Å². The highest BCUT2D eigenvalue weighted by molar-refractivity contribution is 5.96. The highest BCUT2D eigenvalue weighted by atomic mass is 16.2. The topological polar surface area (TPSA) is 125 Å². The van der Waals surface area contributed by atoms with Crippen molar-refractivity contribution >= 4 is 45.0 Å². The van der Waals surface area contributed by atoms with E-state index in [2.05, 4.69) is 32.0 Å². The highest BCUT2D eigenvalue weighted by Gasteiger charge is 2.11. The first kappa shape index (κ1) is 33.4. The molecule has 0 saturated carbocycles. The number of hydrogen-bond donors (Lipinski definition) is 4. The van der Waals surface area contributed by atoms with Crippen molar-refractivity contribution in [1.82, 2.24) is 20.2 Å². The number of pyridine rings is 2. The monoisotopic (exact) mass is 609 g/mol. The van der Waals surface area contributed by atoms with Crippen molar-refractivity contribution in [1.29, 1.82) is 0 Å². The smallest absolute Gasteiger partial charge is 0.246 e. The third-order valence-electron chi connectivity index (χ3n) is 7.76. The zero-order valence-corrected chi connectivity index (χ0v) is 26.2. The van der Waals surface area contributed by atoms with Gasteiger partial charge in [0.1, 0.15) is 0 Å². The standard InChI is InChI=1S/C36H47N7O2/c37-21-9-3-1-2-4-10-27-43(28-12-24-39-34-20-26-41-32-16-8-6-14-30(32)34)36(45)18-17-35(44)42-23-11-22-38-33-19-25-40-31-15-7-5-13-29(31)33/h5-8,13-20,25-26H,1-4,9-12,21-24,27-28,37H2,(H,38,40)(H,39,41)(H,42,44)/b18-17+. The number of nitrogens with zero attached hydrogens (tertiary/aromatic N) is 3. The Balaban J connectivity index is 1.20. The Labute approximate surface area is 266 Å². The van der Waals surface area contributed by atoms with Crippen molar-refractivity contribution in [2.75, 3.05) is 49.9 Å². The zero-order valence-electron chi connectivity index (χ0n) is 26.2. The summed E-state index contributed by atoms with van der Waals surface area (Å²) in [5.41, 5.74) is 9.56. The van der Waals surface area contributed by atoms with E-state index in [1.807, 2.05) is 65.7 Å². The van der Waals surface area contributed by atoms with Crippen LogP contribution in [0.2, 0.25) is 0 Å². The number of anilines is 2. The fourth-order valence-electron chi connectivity index (χ4n) is 5.31. The second kappa shape index (κ2) is 19.0. The van der Waals surface area contributed by atoms with Gasteiger partial charge in [0.15, 0.2) is 0 Å². The van der Waals surface area contributed by atoms with Gasteiger partial charge >= 0.3 is 0 Å². The molecule has 0 aliphatic heterocycles. The normalized spacial score (nSPS) is 11.2. The second-order valence-electron chi connectivity index (χ2n) is 11.2. The molecular weight excluding hydrogens is 562 g/mol. The second-order valence-corrected chi connectivity index (χ2v) is 11.2.